The van der Waals surface area contributed by atoms with E-state index in [-0.39, 0.29) is 36.2 Å². The fourth-order valence-electron chi connectivity index (χ4n) is 2.71. The summed E-state index contributed by atoms with van der Waals surface area (Å²) < 4.78 is 17.8. The molecule has 1 aromatic rings. The SMILES string of the molecule is CCOC(=O)CCN/C=C(/C#N)C(=O)N1CCN(c2ccc(F)cc2)CC1. The highest BCUT2D eigenvalue weighted by atomic mass is 19.1. The molecule has 1 N–H and O–H groups in total. The second kappa shape index (κ2) is 10.2. The first kappa shape index (κ1) is 20.2. The van der Waals surface area contributed by atoms with Crippen molar-refractivity contribution in [3.63, 3.8) is 0 Å². The highest BCUT2D eigenvalue weighted by Gasteiger charge is 2.23. The van der Waals surface area contributed by atoms with Gasteiger partial charge in [0.15, 0.2) is 0 Å². The van der Waals surface area contributed by atoms with Crippen LogP contribution in [0.4, 0.5) is 10.1 Å². The zero-order chi connectivity index (χ0) is 19.6. The number of esters is 1. The van der Waals surface area contributed by atoms with Crippen LogP contribution in [0.3, 0.4) is 0 Å². The molecule has 0 unspecified atom stereocenters. The van der Waals surface area contributed by atoms with Gasteiger partial charge in [-0.25, -0.2) is 4.39 Å². The molecule has 8 heteroatoms. The van der Waals surface area contributed by atoms with Gasteiger partial charge in [-0.05, 0) is 31.2 Å². The predicted molar refractivity (Wildman–Crippen MR) is 98.1 cm³/mol. The van der Waals surface area contributed by atoms with Crippen molar-refractivity contribution in [1.82, 2.24) is 10.2 Å². The Morgan fingerprint density at radius 3 is 2.52 bits per heavy atom. The van der Waals surface area contributed by atoms with Gasteiger partial charge in [0.05, 0.1) is 13.0 Å². The number of nitrogens with zero attached hydrogens (tertiary/aromatic N) is 3. The number of hydrogen-bond donors (Lipinski definition) is 1. The van der Waals surface area contributed by atoms with E-state index in [1.807, 2.05) is 6.07 Å². The standard InChI is InChI=1S/C19H23FN4O3/c1-2-27-18(25)7-8-22-14-15(13-21)19(26)24-11-9-23(10-12-24)17-5-3-16(20)4-6-17/h3-6,14,22H,2,7-12H2,1H3/b15-14-. The Labute approximate surface area is 158 Å². The van der Waals surface area contributed by atoms with Gasteiger partial charge < -0.3 is 19.9 Å². The number of anilines is 1. The summed E-state index contributed by atoms with van der Waals surface area (Å²) in [6.45, 7) is 4.48. The third-order valence-corrected chi connectivity index (χ3v) is 4.13. The van der Waals surface area contributed by atoms with Crippen molar-refractivity contribution in [3.8, 4) is 6.07 Å². The maximum absolute atomic E-state index is 13.0. The average molecular weight is 374 g/mol. The summed E-state index contributed by atoms with van der Waals surface area (Å²) in [6.07, 6.45) is 1.50. The molecule has 0 radical (unpaired) electrons. The van der Waals surface area contributed by atoms with Gasteiger partial charge >= 0.3 is 5.97 Å². The molecule has 7 nitrogen and oxygen atoms in total. The van der Waals surface area contributed by atoms with Gasteiger partial charge in [0, 0.05) is 44.6 Å². The molecule has 1 saturated heterocycles. The number of ether oxygens (including phenoxy) is 1. The molecule has 0 spiro atoms. The van der Waals surface area contributed by atoms with Crippen molar-refractivity contribution >= 4 is 17.6 Å². The molecule has 1 amide bonds. The van der Waals surface area contributed by atoms with Crippen LogP contribution in [0.15, 0.2) is 36.0 Å². The van der Waals surface area contributed by atoms with E-state index < -0.39 is 0 Å². The van der Waals surface area contributed by atoms with Crippen LogP contribution >= 0.6 is 0 Å². The van der Waals surface area contributed by atoms with Crippen LogP contribution in [0.1, 0.15) is 13.3 Å². The Morgan fingerprint density at radius 2 is 1.93 bits per heavy atom. The van der Waals surface area contributed by atoms with Crippen LogP contribution < -0.4 is 10.2 Å². The first-order chi connectivity index (χ1) is 13.0. The van der Waals surface area contributed by atoms with Crippen molar-refractivity contribution in [3.05, 3.63) is 41.9 Å². The van der Waals surface area contributed by atoms with E-state index in [4.69, 9.17) is 4.74 Å². The molecule has 0 bridgehead atoms. The van der Waals surface area contributed by atoms with E-state index >= 15 is 0 Å². The number of benzene rings is 1. The molecule has 1 heterocycles. The topological polar surface area (TPSA) is 85.7 Å². The van der Waals surface area contributed by atoms with Gasteiger partial charge in [0.2, 0.25) is 0 Å². The first-order valence-corrected chi connectivity index (χ1v) is 8.84. The third-order valence-electron chi connectivity index (χ3n) is 4.13. The Morgan fingerprint density at radius 1 is 1.26 bits per heavy atom. The van der Waals surface area contributed by atoms with Crippen molar-refractivity contribution in [2.75, 3.05) is 44.2 Å². The van der Waals surface area contributed by atoms with Gasteiger partial charge in [0.25, 0.3) is 5.91 Å². The molecular formula is C19H23FN4O3. The average Bonchev–Trinajstić information content (AvgIpc) is 2.68. The number of hydrogen-bond acceptors (Lipinski definition) is 6. The van der Waals surface area contributed by atoms with Gasteiger partial charge in [-0.15, -0.1) is 0 Å². The maximum atomic E-state index is 13.0. The van der Waals surface area contributed by atoms with Crippen LogP contribution in [-0.2, 0) is 14.3 Å². The molecule has 0 aromatic heterocycles. The Bertz CT molecular complexity index is 719. The smallest absolute Gasteiger partial charge is 0.307 e. The van der Waals surface area contributed by atoms with Crippen LogP contribution in [0.25, 0.3) is 0 Å². The highest BCUT2D eigenvalue weighted by molar-refractivity contribution is 5.97. The lowest BCUT2D eigenvalue weighted by Gasteiger charge is -2.36. The largest absolute Gasteiger partial charge is 0.466 e. The molecule has 0 atom stereocenters. The summed E-state index contributed by atoms with van der Waals surface area (Å²) in [4.78, 5) is 27.4. The van der Waals surface area contributed by atoms with E-state index in [1.165, 1.54) is 18.3 Å². The van der Waals surface area contributed by atoms with E-state index in [0.29, 0.717) is 32.8 Å². The summed E-state index contributed by atoms with van der Waals surface area (Å²) in [7, 11) is 0. The van der Waals surface area contributed by atoms with Crippen molar-refractivity contribution in [1.29, 1.82) is 5.26 Å². The lowest BCUT2D eigenvalue weighted by Crippen LogP contribution is -2.49. The van der Waals surface area contributed by atoms with E-state index in [0.717, 1.165) is 5.69 Å². The van der Waals surface area contributed by atoms with Crippen molar-refractivity contribution in [2.24, 2.45) is 0 Å². The van der Waals surface area contributed by atoms with Crippen LogP contribution in [0, 0.1) is 17.1 Å². The zero-order valence-electron chi connectivity index (χ0n) is 15.3. The Kier molecular flexibility index (Phi) is 7.62. The van der Waals surface area contributed by atoms with Crippen LogP contribution in [0.2, 0.25) is 0 Å². The fraction of sp³-hybridized carbons (Fsp3) is 0.421. The fourth-order valence-corrected chi connectivity index (χ4v) is 2.71. The van der Waals surface area contributed by atoms with Crippen molar-refractivity contribution < 1.29 is 18.7 Å². The molecule has 0 saturated carbocycles. The molecular weight excluding hydrogens is 351 g/mol. The normalized spacial score (nSPS) is 14.5. The van der Waals surface area contributed by atoms with E-state index in [1.54, 1.807) is 24.0 Å². The molecule has 1 aliphatic rings. The summed E-state index contributed by atoms with van der Waals surface area (Å²) in [5.41, 5.74) is 0.897. The molecule has 0 aliphatic carbocycles. The van der Waals surface area contributed by atoms with Gasteiger partial charge in [-0.1, -0.05) is 0 Å². The molecule has 144 valence electrons. The van der Waals surface area contributed by atoms with Gasteiger partial charge in [-0.2, -0.15) is 5.26 Å². The summed E-state index contributed by atoms with van der Waals surface area (Å²) >= 11 is 0. The number of amides is 1. The number of piperazine rings is 1. The Balaban J connectivity index is 1.83. The maximum Gasteiger partial charge on any atom is 0.307 e. The first-order valence-electron chi connectivity index (χ1n) is 8.84. The minimum Gasteiger partial charge on any atom is -0.466 e. The third kappa shape index (κ3) is 5.99. The number of nitrogens with one attached hydrogen (secondary N) is 1. The van der Waals surface area contributed by atoms with Gasteiger partial charge in [0.1, 0.15) is 17.5 Å². The lowest BCUT2D eigenvalue weighted by molar-refractivity contribution is -0.142. The van der Waals surface area contributed by atoms with Gasteiger partial charge in [-0.3, -0.25) is 9.59 Å². The molecule has 1 fully saturated rings. The second-order valence-corrected chi connectivity index (χ2v) is 5.93. The monoisotopic (exact) mass is 374 g/mol. The lowest BCUT2D eigenvalue weighted by atomic mass is 10.2. The van der Waals surface area contributed by atoms with E-state index in [9.17, 15) is 19.2 Å². The minimum absolute atomic E-state index is 0.00547. The number of nitriles is 1. The minimum atomic E-state index is -0.347. The highest BCUT2D eigenvalue weighted by Crippen LogP contribution is 2.17. The molecule has 1 aromatic carbocycles. The summed E-state index contributed by atoms with van der Waals surface area (Å²) in [5.74, 6) is -0.966. The molecule has 2 rings (SSSR count). The quantitative estimate of drug-likeness (QED) is 0.336. The Hall–Kier alpha value is -3.08. The molecule has 27 heavy (non-hydrogen) atoms. The second-order valence-electron chi connectivity index (χ2n) is 5.93. The van der Waals surface area contributed by atoms with Crippen LogP contribution in [0.5, 0.6) is 0 Å². The summed E-state index contributed by atoms with van der Waals surface area (Å²) in [5, 5.41) is 12.0. The van der Waals surface area contributed by atoms with E-state index in [2.05, 4.69) is 10.2 Å². The predicted octanol–water partition coefficient (Wildman–Crippen LogP) is 1.42. The number of carbonyl (C=O) groups is 2. The number of rotatable bonds is 7. The van der Waals surface area contributed by atoms with Crippen LogP contribution in [-0.4, -0.2) is 56.1 Å². The van der Waals surface area contributed by atoms with Crippen molar-refractivity contribution in [2.45, 2.75) is 13.3 Å². The summed E-state index contributed by atoms with van der Waals surface area (Å²) in [6, 6.07) is 8.13. The number of halogens is 1. The number of carbonyl (C=O) groups excluding carboxylic acids is 2. The molecule has 1 aliphatic heterocycles. The zero-order valence-corrected chi connectivity index (χ0v) is 15.3.